The fraction of sp³-hybridized carbons (Fsp3) is 0.118. The van der Waals surface area contributed by atoms with Crippen molar-refractivity contribution in [3.8, 4) is 0 Å². The van der Waals surface area contributed by atoms with Crippen LogP contribution in [0.25, 0.3) is 10.9 Å². The van der Waals surface area contributed by atoms with Gasteiger partial charge in [0.15, 0.2) is 0 Å². The van der Waals surface area contributed by atoms with Crippen molar-refractivity contribution in [2.75, 3.05) is 0 Å². The molecule has 0 saturated carbocycles. The maximum absolute atomic E-state index is 10.3. The third-order valence-electron chi connectivity index (χ3n) is 3.29. The zero-order valence-corrected chi connectivity index (χ0v) is 13.0. The van der Waals surface area contributed by atoms with Gasteiger partial charge >= 0.3 is 0 Å². The zero-order valence-electron chi connectivity index (χ0n) is 10.8. The molecule has 3 aromatic rings. The Bertz CT molecular complexity index is 742. The van der Waals surface area contributed by atoms with E-state index in [4.69, 9.17) is 0 Å². The second-order valence-corrected chi connectivity index (χ2v) is 6.02. The van der Waals surface area contributed by atoms with Crippen molar-refractivity contribution in [1.29, 1.82) is 0 Å². The normalized spacial score (nSPS) is 12.5. The maximum atomic E-state index is 10.3. The highest BCUT2D eigenvalue weighted by atomic mass is 127. The van der Waals surface area contributed by atoms with Gasteiger partial charge in [-0.2, -0.15) is 0 Å². The number of aliphatic hydroxyl groups excluding tert-OH is 1. The average Bonchev–Trinajstić information content (AvgIpc) is 2.47. The molecule has 0 radical (unpaired) electrons. The lowest BCUT2D eigenvalue weighted by Gasteiger charge is -2.11. The zero-order chi connectivity index (χ0) is 13.9. The first kappa shape index (κ1) is 13.5. The van der Waals surface area contributed by atoms with Gasteiger partial charge in [0.1, 0.15) is 0 Å². The number of benzene rings is 2. The number of aliphatic hydroxyl groups is 1. The standard InChI is InChI=1S/C17H14INO/c18-14-6-3-5-13(10-14)17(20)11-15-9-8-12-4-1-2-7-16(12)19-15/h1-10,17,20H,11H2. The van der Waals surface area contributed by atoms with E-state index in [0.29, 0.717) is 6.42 Å². The van der Waals surface area contributed by atoms with Gasteiger partial charge in [0.2, 0.25) is 0 Å². The molecule has 2 nitrogen and oxygen atoms in total. The molecule has 0 amide bonds. The van der Waals surface area contributed by atoms with E-state index < -0.39 is 6.10 Å². The number of hydrogen-bond donors (Lipinski definition) is 1. The lowest BCUT2D eigenvalue weighted by Crippen LogP contribution is -2.03. The number of pyridine rings is 1. The van der Waals surface area contributed by atoms with Gasteiger partial charge in [0, 0.05) is 21.1 Å². The van der Waals surface area contributed by atoms with Crippen LogP contribution in [0.5, 0.6) is 0 Å². The summed E-state index contributed by atoms with van der Waals surface area (Å²) in [5.41, 5.74) is 2.82. The molecule has 3 rings (SSSR count). The van der Waals surface area contributed by atoms with Crippen molar-refractivity contribution in [1.82, 2.24) is 4.98 Å². The second kappa shape index (κ2) is 5.89. The second-order valence-electron chi connectivity index (χ2n) is 4.77. The Morgan fingerprint density at radius 3 is 2.70 bits per heavy atom. The molecule has 1 heterocycles. The van der Waals surface area contributed by atoms with E-state index >= 15 is 0 Å². The molecule has 0 aliphatic carbocycles. The Labute approximate surface area is 131 Å². The third-order valence-corrected chi connectivity index (χ3v) is 3.96. The molecule has 1 aromatic heterocycles. The summed E-state index contributed by atoms with van der Waals surface area (Å²) in [4.78, 5) is 4.60. The van der Waals surface area contributed by atoms with Gasteiger partial charge in [-0.15, -0.1) is 0 Å². The van der Waals surface area contributed by atoms with Gasteiger partial charge in [0.05, 0.1) is 11.6 Å². The molecule has 100 valence electrons. The molecule has 0 spiro atoms. The fourth-order valence-electron chi connectivity index (χ4n) is 2.25. The molecular formula is C17H14INO. The minimum Gasteiger partial charge on any atom is -0.388 e. The molecule has 20 heavy (non-hydrogen) atoms. The summed E-state index contributed by atoms with van der Waals surface area (Å²) in [7, 11) is 0. The summed E-state index contributed by atoms with van der Waals surface area (Å²) in [6.07, 6.45) is 0.0173. The molecule has 0 aliphatic heterocycles. The molecule has 0 aliphatic rings. The van der Waals surface area contributed by atoms with Crippen molar-refractivity contribution < 1.29 is 5.11 Å². The highest BCUT2D eigenvalue weighted by Gasteiger charge is 2.10. The number of aromatic nitrogens is 1. The van der Waals surface area contributed by atoms with Crippen molar-refractivity contribution >= 4 is 33.5 Å². The van der Waals surface area contributed by atoms with E-state index in [1.54, 1.807) is 0 Å². The van der Waals surface area contributed by atoms with Crippen LogP contribution in [0.15, 0.2) is 60.7 Å². The Kier molecular flexibility index (Phi) is 3.98. The molecule has 3 heteroatoms. The van der Waals surface area contributed by atoms with Crippen LogP contribution in [0.4, 0.5) is 0 Å². The number of para-hydroxylation sites is 1. The quantitative estimate of drug-likeness (QED) is 0.699. The Morgan fingerprint density at radius 2 is 1.85 bits per heavy atom. The molecule has 2 aromatic carbocycles. The minimum absolute atomic E-state index is 0.515. The number of rotatable bonds is 3. The summed E-state index contributed by atoms with van der Waals surface area (Å²) >= 11 is 2.25. The topological polar surface area (TPSA) is 33.1 Å². The molecular weight excluding hydrogens is 361 g/mol. The van der Waals surface area contributed by atoms with Crippen LogP contribution in [-0.2, 0) is 6.42 Å². The van der Waals surface area contributed by atoms with Crippen LogP contribution >= 0.6 is 22.6 Å². The van der Waals surface area contributed by atoms with Crippen molar-refractivity contribution in [2.45, 2.75) is 12.5 Å². The minimum atomic E-state index is -0.515. The summed E-state index contributed by atoms with van der Waals surface area (Å²) < 4.78 is 1.13. The van der Waals surface area contributed by atoms with Crippen molar-refractivity contribution in [3.63, 3.8) is 0 Å². The van der Waals surface area contributed by atoms with Gasteiger partial charge in [-0.3, -0.25) is 4.98 Å². The number of halogens is 1. The van der Waals surface area contributed by atoms with E-state index in [1.165, 1.54) is 0 Å². The third kappa shape index (κ3) is 2.99. The Morgan fingerprint density at radius 1 is 1.00 bits per heavy atom. The van der Waals surface area contributed by atoms with Crippen LogP contribution in [0, 0.1) is 3.57 Å². The number of fused-ring (bicyclic) bond motifs is 1. The van der Waals surface area contributed by atoms with E-state index in [-0.39, 0.29) is 0 Å². The monoisotopic (exact) mass is 375 g/mol. The Hall–Kier alpha value is -1.46. The first-order valence-electron chi connectivity index (χ1n) is 6.50. The molecule has 0 fully saturated rings. The number of nitrogens with zero attached hydrogens (tertiary/aromatic N) is 1. The van der Waals surface area contributed by atoms with E-state index in [9.17, 15) is 5.11 Å². The lowest BCUT2D eigenvalue weighted by molar-refractivity contribution is 0.177. The first-order valence-corrected chi connectivity index (χ1v) is 7.58. The van der Waals surface area contributed by atoms with Gasteiger partial charge in [-0.1, -0.05) is 36.4 Å². The summed E-state index contributed by atoms with van der Waals surface area (Å²) in [5, 5.41) is 11.5. The van der Waals surface area contributed by atoms with Crippen LogP contribution in [0.1, 0.15) is 17.4 Å². The van der Waals surface area contributed by atoms with Gasteiger partial charge in [0.25, 0.3) is 0 Å². The van der Waals surface area contributed by atoms with E-state index in [2.05, 4.69) is 33.6 Å². The van der Waals surface area contributed by atoms with E-state index in [0.717, 1.165) is 25.7 Å². The SMILES string of the molecule is OC(Cc1ccc2ccccc2n1)c1cccc(I)c1. The van der Waals surface area contributed by atoms with E-state index in [1.807, 2.05) is 54.6 Å². The Balaban J connectivity index is 1.85. The van der Waals surface area contributed by atoms with Crippen LogP contribution < -0.4 is 0 Å². The molecule has 1 N–H and O–H groups in total. The number of hydrogen-bond acceptors (Lipinski definition) is 2. The van der Waals surface area contributed by atoms with Crippen molar-refractivity contribution in [3.05, 3.63) is 75.5 Å². The molecule has 0 bridgehead atoms. The van der Waals surface area contributed by atoms with Crippen LogP contribution in [0.3, 0.4) is 0 Å². The largest absolute Gasteiger partial charge is 0.388 e. The highest BCUT2D eigenvalue weighted by Crippen LogP contribution is 2.20. The fourth-order valence-corrected chi connectivity index (χ4v) is 2.82. The van der Waals surface area contributed by atoms with Gasteiger partial charge < -0.3 is 5.11 Å². The van der Waals surface area contributed by atoms with Crippen molar-refractivity contribution in [2.24, 2.45) is 0 Å². The molecule has 0 saturated heterocycles. The first-order chi connectivity index (χ1) is 9.72. The van der Waals surface area contributed by atoms with Gasteiger partial charge in [-0.25, -0.2) is 0 Å². The van der Waals surface area contributed by atoms with Crippen LogP contribution in [0.2, 0.25) is 0 Å². The lowest BCUT2D eigenvalue weighted by atomic mass is 10.0. The predicted molar refractivity (Wildman–Crippen MR) is 89.6 cm³/mol. The summed E-state index contributed by atoms with van der Waals surface area (Å²) in [6, 6.07) is 20.0. The summed E-state index contributed by atoms with van der Waals surface area (Å²) in [6.45, 7) is 0. The van der Waals surface area contributed by atoms with Crippen LogP contribution in [-0.4, -0.2) is 10.1 Å². The smallest absolute Gasteiger partial charge is 0.0845 e. The average molecular weight is 375 g/mol. The maximum Gasteiger partial charge on any atom is 0.0845 e. The molecule has 1 atom stereocenters. The highest BCUT2D eigenvalue weighted by molar-refractivity contribution is 14.1. The molecule has 1 unspecified atom stereocenters. The van der Waals surface area contributed by atoms with Gasteiger partial charge in [-0.05, 0) is 52.4 Å². The summed E-state index contributed by atoms with van der Waals surface area (Å²) in [5.74, 6) is 0. The predicted octanol–water partition coefficient (Wildman–Crippen LogP) is 4.12.